The van der Waals surface area contributed by atoms with Gasteiger partial charge in [0.2, 0.25) is 0 Å². The molecule has 1 heterocycles. The summed E-state index contributed by atoms with van der Waals surface area (Å²) in [6, 6.07) is 12.2. The van der Waals surface area contributed by atoms with E-state index in [4.69, 9.17) is 5.73 Å². The van der Waals surface area contributed by atoms with Crippen molar-refractivity contribution in [2.75, 3.05) is 18.5 Å². The molecule has 1 atom stereocenters. The van der Waals surface area contributed by atoms with Crippen LogP contribution in [-0.2, 0) is 0 Å². The number of anilines is 1. The fraction of sp³-hybridized carbons (Fsp3) is 0.412. The highest BCUT2D eigenvalue weighted by Gasteiger charge is 2.13. The van der Waals surface area contributed by atoms with Gasteiger partial charge in [0.25, 0.3) is 0 Å². The summed E-state index contributed by atoms with van der Waals surface area (Å²) in [5.41, 5.74) is 7.61. The summed E-state index contributed by atoms with van der Waals surface area (Å²) >= 11 is 0. The molecule has 110 valence electrons. The first-order valence-corrected chi connectivity index (χ1v) is 7.29. The minimum Gasteiger partial charge on any atom is -0.359 e. The average molecular weight is 282 g/mol. The molecule has 1 unspecified atom stereocenters. The number of aromatic nitrogens is 1. The van der Waals surface area contributed by atoms with Crippen molar-refractivity contribution in [2.45, 2.75) is 26.3 Å². The molecule has 0 aliphatic heterocycles. The second-order valence-corrected chi connectivity index (χ2v) is 5.78. The van der Waals surface area contributed by atoms with E-state index in [1.807, 2.05) is 42.3 Å². The Bertz CT molecular complexity index is 657. The first kappa shape index (κ1) is 15.3. The molecular formula is C17H22N4. The monoisotopic (exact) mass is 282 g/mol. The summed E-state index contributed by atoms with van der Waals surface area (Å²) in [4.78, 5) is 6.65. The van der Waals surface area contributed by atoms with E-state index in [9.17, 15) is 5.26 Å². The standard InChI is InChI=1S/C17H22N4/c1-12(2)15(19)8-9-21(3)17-14(11-18)10-13-6-4-5-7-16(13)20-17/h4-7,10,12,15H,8-9,19H2,1-3H3. The number of benzene rings is 1. The van der Waals surface area contributed by atoms with Crippen molar-refractivity contribution in [3.63, 3.8) is 0 Å². The van der Waals surface area contributed by atoms with Crippen LogP contribution in [0.4, 0.5) is 5.82 Å². The number of para-hydroxylation sites is 1. The van der Waals surface area contributed by atoms with Crippen LogP contribution in [0.3, 0.4) is 0 Å². The maximum Gasteiger partial charge on any atom is 0.146 e. The molecule has 0 fully saturated rings. The van der Waals surface area contributed by atoms with E-state index >= 15 is 0 Å². The van der Waals surface area contributed by atoms with Crippen molar-refractivity contribution in [1.82, 2.24) is 4.98 Å². The molecule has 21 heavy (non-hydrogen) atoms. The highest BCUT2D eigenvalue weighted by molar-refractivity contribution is 5.82. The molecule has 0 aliphatic rings. The van der Waals surface area contributed by atoms with Crippen LogP contribution in [0.5, 0.6) is 0 Å². The molecular weight excluding hydrogens is 260 g/mol. The normalized spacial score (nSPS) is 12.4. The smallest absolute Gasteiger partial charge is 0.146 e. The fourth-order valence-corrected chi connectivity index (χ4v) is 2.26. The minimum atomic E-state index is 0.165. The molecule has 4 heteroatoms. The van der Waals surface area contributed by atoms with Crippen LogP contribution in [0.2, 0.25) is 0 Å². The Hall–Kier alpha value is -2.12. The third-order valence-corrected chi connectivity index (χ3v) is 3.84. The van der Waals surface area contributed by atoms with Crippen LogP contribution >= 0.6 is 0 Å². The lowest BCUT2D eigenvalue weighted by Crippen LogP contribution is -2.32. The molecule has 0 spiro atoms. The highest BCUT2D eigenvalue weighted by Crippen LogP contribution is 2.22. The van der Waals surface area contributed by atoms with Gasteiger partial charge >= 0.3 is 0 Å². The lowest BCUT2D eigenvalue weighted by molar-refractivity contribution is 0.466. The van der Waals surface area contributed by atoms with Gasteiger partial charge in [-0.1, -0.05) is 32.0 Å². The SMILES string of the molecule is CC(C)C(N)CCN(C)c1nc2ccccc2cc1C#N. The zero-order chi connectivity index (χ0) is 15.4. The molecule has 2 aromatic rings. The predicted molar refractivity (Wildman–Crippen MR) is 87.2 cm³/mol. The Morgan fingerprint density at radius 3 is 2.71 bits per heavy atom. The molecule has 0 aliphatic carbocycles. The van der Waals surface area contributed by atoms with E-state index in [-0.39, 0.29) is 6.04 Å². The second-order valence-electron chi connectivity index (χ2n) is 5.78. The predicted octanol–water partition coefficient (Wildman–Crippen LogP) is 2.92. The van der Waals surface area contributed by atoms with Gasteiger partial charge in [-0.05, 0) is 24.5 Å². The molecule has 0 radical (unpaired) electrons. The van der Waals surface area contributed by atoms with Crippen LogP contribution in [-0.4, -0.2) is 24.6 Å². The van der Waals surface area contributed by atoms with Gasteiger partial charge in [0.05, 0.1) is 11.1 Å². The minimum absolute atomic E-state index is 0.165. The van der Waals surface area contributed by atoms with Crippen LogP contribution in [0.15, 0.2) is 30.3 Å². The van der Waals surface area contributed by atoms with Crippen LogP contribution < -0.4 is 10.6 Å². The third kappa shape index (κ3) is 3.50. The van der Waals surface area contributed by atoms with Crippen molar-refractivity contribution in [1.29, 1.82) is 5.26 Å². The largest absolute Gasteiger partial charge is 0.359 e. The van der Waals surface area contributed by atoms with E-state index in [1.54, 1.807) is 0 Å². The molecule has 4 nitrogen and oxygen atoms in total. The summed E-state index contributed by atoms with van der Waals surface area (Å²) in [6.07, 6.45) is 0.882. The Balaban J connectivity index is 2.25. The maximum atomic E-state index is 9.35. The Morgan fingerprint density at radius 1 is 1.33 bits per heavy atom. The number of nitrogens with zero attached hydrogens (tertiary/aromatic N) is 3. The first-order valence-electron chi connectivity index (χ1n) is 7.29. The molecule has 2 N–H and O–H groups in total. The van der Waals surface area contributed by atoms with Crippen LogP contribution in [0.25, 0.3) is 10.9 Å². The fourth-order valence-electron chi connectivity index (χ4n) is 2.26. The number of rotatable bonds is 5. The quantitative estimate of drug-likeness (QED) is 0.915. The number of hydrogen-bond donors (Lipinski definition) is 1. The number of pyridine rings is 1. The van der Waals surface area contributed by atoms with Gasteiger partial charge in [-0.2, -0.15) is 5.26 Å². The zero-order valence-corrected chi connectivity index (χ0v) is 12.9. The zero-order valence-electron chi connectivity index (χ0n) is 12.9. The van der Waals surface area contributed by atoms with Crippen molar-refractivity contribution >= 4 is 16.7 Å². The van der Waals surface area contributed by atoms with Crippen molar-refractivity contribution in [3.05, 3.63) is 35.9 Å². The topological polar surface area (TPSA) is 65.9 Å². The van der Waals surface area contributed by atoms with Gasteiger partial charge in [-0.3, -0.25) is 0 Å². The number of nitriles is 1. The number of nitrogens with two attached hydrogens (primary N) is 1. The number of hydrogen-bond acceptors (Lipinski definition) is 4. The molecule has 2 rings (SSSR count). The van der Waals surface area contributed by atoms with E-state index < -0.39 is 0 Å². The molecule has 0 saturated carbocycles. The lowest BCUT2D eigenvalue weighted by Gasteiger charge is -2.23. The van der Waals surface area contributed by atoms with Gasteiger partial charge in [-0.25, -0.2) is 4.98 Å². The molecule has 1 aromatic carbocycles. The Labute approximate surface area is 126 Å². The number of fused-ring (bicyclic) bond motifs is 1. The van der Waals surface area contributed by atoms with Gasteiger partial charge in [0.1, 0.15) is 11.9 Å². The Morgan fingerprint density at radius 2 is 2.05 bits per heavy atom. The summed E-state index contributed by atoms with van der Waals surface area (Å²) in [5.74, 6) is 1.19. The lowest BCUT2D eigenvalue weighted by atomic mass is 10.0. The maximum absolute atomic E-state index is 9.35. The van der Waals surface area contributed by atoms with Gasteiger partial charge in [0, 0.05) is 25.0 Å². The molecule has 0 amide bonds. The molecule has 0 bridgehead atoms. The van der Waals surface area contributed by atoms with Crippen LogP contribution in [0, 0.1) is 17.2 Å². The molecule has 1 aromatic heterocycles. The van der Waals surface area contributed by atoms with Gasteiger partial charge in [0.15, 0.2) is 0 Å². The van der Waals surface area contributed by atoms with E-state index in [2.05, 4.69) is 24.9 Å². The summed E-state index contributed by atoms with van der Waals surface area (Å²) in [5, 5.41) is 10.3. The second kappa shape index (κ2) is 6.55. The summed E-state index contributed by atoms with van der Waals surface area (Å²) in [7, 11) is 1.96. The third-order valence-electron chi connectivity index (χ3n) is 3.84. The van der Waals surface area contributed by atoms with E-state index in [0.29, 0.717) is 11.5 Å². The van der Waals surface area contributed by atoms with Crippen molar-refractivity contribution < 1.29 is 0 Å². The van der Waals surface area contributed by atoms with E-state index in [1.165, 1.54) is 0 Å². The van der Waals surface area contributed by atoms with Crippen molar-refractivity contribution in [2.24, 2.45) is 11.7 Å². The Kier molecular flexibility index (Phi) is 4.77. The van der Waals surface area contributed by atoms with E-state index in [0.717, 1.165) is 29.7 Å². The van der Waals surface area contributed by atoms with Gasteiger partial charge < -0.3 is 10.6 Å². The highest BCUT2D eigenvalue weighted by atomic mass is 15.2. The summed E-state index contributed by atoms with van der Waals surface area (Å²) in [6.45, 7) is 5.04. The summed E-state index contributed by atoms with van der Waals surface area (Å²) < 4.78 is 0. The average Bonchev–Trinajstić information content (AvgIpc) is 2.50. The molecule has 0 saturated heterocycles. The van der Waals surface area contributed by atoms with Crippen LogP contribution in [0.1, 0.15) is 25.8 Å². The first-order chi connectivity index (χ1) is 10.0. The van der Waals surface area contributed by atoms with Crippen molar-refractivity contribution in [3.8, 4) is 6.07 Å². The van der Waals surface area contributed by atoms with Gasteiger partial charge in [-0.15, -0.1) is 0 Å².